The molecule has 0 fully saturated rings. The zero-order valence-electron chi connectivity index (χ0n) is 20.1. The van der Waals surface area contributed by atoms with E-state index in [9.17, 15) is 14.7 Å². The van der Waals surface area contributed by atoms with E-state index in [0.717, 1.165) is 4.57 Å². The minimum atomic E-state index is -0.749. The van der Waals surface area contributed by atoms with Crippen LogP contribution in [0.25, 0.3) is 17.1 Å². The number of aromatic nitrogens is 4. The van der Waals surface area contributed by atoms with Gasteiger partial charge in [-0.1, -0.05) is 54.6 Å². The van der Waals surface area contributed by atoms with E-state index in [0.29, 0.717) is 22.8 Å². The molecule has 0 unspecified atom stereocenters. The molecular weight excluding hydrogens is 470 g/mol. The van der Waals surface area contributed by atoms with Crippen LogP contribution in [0.1, 0.15) is 5.69 Å². The van der Waals surface area contributed by atoms with E-state index in [1.165, 1.54) is 9.25 Å². The number of hydrogen-bond donors (Lipinski definition) is 2. The lowest BCUT2D eigenvalue weighted by molar-refractivity contribution is 0.427. The largest absolute Gasteiger partial charge is 0.492 e. The molecule has 5 rings (SSSR count). The zero-order valence-corrected chi connectivity index (χ0v) is 20.1. The van der Waals surface area contributed by atoms with Crippen LogP contribution in [0, 0.1) is 12.3 Å². The van der Waals surface area contributed by atoms with Crippen molar-refractivity contribution in [3.05, 3.63) is 123 Å². The average molecular weight is 494 g/mol. The summed E-state index contributed by atoms with van der Waals surface area (Å²) in [4.78, 5) is 26.7. The Bertz CT molecular complexity index is 1800. The summed E-state index contributed by atoms with van der Waals surface area (Å²) in [6.45, 7) is 1.72. The van der Waals surface area contributed by atoms with Crippen molar-refractivity contribution < 1.29 is 5.11 Å². The Hall–Kier alpha value is -5.25. The van der Waals surface area contributed by atoms with E-state index >= 15 is 0 Å². The third-order valence-electron chi connectivity index (χ3n) is 6.06. The monoisotopic (exact) mass is 493 g/mol. The first kappa shape index (κ1) is 23.5. The zero-order chi connectivity index (χ0) is 26.1. The van der Waals surface area contributed by atoms with Crippen LogP contribution in [-0.4, -0.2) is 23.6 Å². The molecule has 0 amide bonds. The minimum Gasteiger partial charge on any atom is -0.492 e. The molecule has 0 spiro atoms. The number of aromatic hydroxyl groups is 1. The standard InChI is InChI=1S/C27H23N7O3/c1-18-22(26(37)34(31(18)2)21-16-10-5-11-17-21)29-30-23-24(35)32(19-12-6-3-7-13-19)27(28)33(25(23)36)20-14-8-4-9-15-20/h3-17,28,35H,1-2H3. The van der Waals surface area contributed by atoms with Gasteiger partial charge < -0.3 is 5.11 Å². The molecule has 0 aliphatic heterocycles. The maximum Gasteiger partial charge on any atom is 0.299 e. The lowest BCUT2D eigenvalue weighted by atomic mass is 10.3. The van der Waals surface area contributed by atoms with E-state index in [4.69, 9.17) is 5.41 Å². The van der Waals surface area contributed by atoms with Gasteiger partial charge in [-0.2, -0.15) is 0 Å². The predicted molar refractivity (Wildman–Crippen MR) is 139 cm³/mol. The van der Waals surface area contributed by atoms with Crippen molar-refractivity contribution in [2.45, 2.75) is 6.92 Å². The highest BCUT2D eigenvalue weighted by atomic mass is 16.3. The van der Waals surface area contributed by atoms with Gasteiger partial charge in [0.05, 0.1) is 22.8 Å². The van der Waals surface area contributed by atoms with E-state index in [2.05, 4.69) is 10.2 Å². The number of nitrogens with zero attached hydrogens (tertiary/aromatic N) is 6. The van der Waals surface area contributed by atoms with E-state index in [-0.39, 0.29) is 11.3 Å². The molecule has 0 aliphatic rings. The topological polar surface area (TPSA) is 123 Å². The Morgan fingerprint density at radius 3 is 1.68 bits per heavy atom. The van der Waals surface area contributed by atoms with Gasteiger partial charge >= 0.3 is 0 Å². The fourth-order valence-electron chi connectivity index (χ4n) is 4.10. The lowest BCUT2D eigenvalue weighted by Crippen LogP contribution is -2.38. The van der Waals surface area contributed by atoms with E-state index < -0.39 is 22.7 Å². The van der Waals surface area contributed by atoms with Gasteiger partial charge in [0, 0.05) is 7.05 Å². The second-order valence-corrected chi connectivity index (χ2v) is 8.25. The van der Waals surface area contributed by atoms with Crippen LogP contribution in [0.5, 0.6) is 5.88 Å². The lowest BCUT2D eigenvalue weighted by Gasteiger charge is -2.15. The summed E-state index contributed by atoms with van der Waals surface area (Å²) in [5, 5.41) is 28.0. The SMILES string of the molecule is Cc1c(N=Nc2c(O)n(-c3ccccc3)c(=N)n(-c3ccccc3)c2=O)c(=O)n(-c2ccccc2)n1C. The van der Waals surface area contributed by atoms with Crippen molar-refractivity contribution in [1.82, 2.24) is 18.5 Å². The van der Waals surface area contributed by atoms with Crippen LogP contribution >= 0.6 is 0 Å². The van der Waals surface area contributed by atoms with Crippen molar-refractivity contribution in [3.63, 3.8) is 0 Å². The van der Waals surface area contributed by atoms with Crippen molar-refractivity contribution in [2.75, 3.05) is 0 Å². The van der Waals surface area contributed by atoms with E-state index in [1.54, 1.807) is 91.4 Å². The van der Waals surface area contributed by atoms with Crippen LogP contribution in [0.4, 0.5) is 11.4 Å². The molecule has 5 aromatic rings. The van der Waals surface area contributed by atoms with Crippen molar-refractivity contribution >= 4 is 11.4 Å². The summed E-state index contributed by atoms with van der Waals surface area (Å²) < 4.78 is 5.41. The first-order chi connectivity index (χ1) is 17.9. The third-order valence-corrected chi connectivity index (χ3v) is 6.06. The summed E-state index contributed by atoms with van der Waals surface area (Å²) in [6.07, 6.45) is 0. The fourth-order valence-corrected chi connectivity index (χ4v) is 4.10. The molecule has 2 N–H and O–H groups in total. The minimum absolute atomic E-state index is 0.0256. The third kappa shape index (κ3) is 4.00. The van der Waals surface area contributed by atoms with Crippen molar-refractivity contribution in [1.29, 1.82) is 5.41 Å². The highest BCUT2D eigenvalue weighted by Crippen LogP contribution is 2.26. The summed E-state index contributed by atoms with van der Waals surface area (Å²) in [5.41, 5.74) is 0.209. The van der Waals surface area contributed by atoms with Gasteiger partial charge in [-0.05, 0) is 43.3 Å². The Labute approximate surface area is 210 Å². The number of nitrogens with one attached hydrogen (secondary N) is 1. The van der Waals surface area contributed by atoms with E-state index in [1.807, 2.05) is 18.2 Å². The quantitative estimate of drug-likeness (QED) is 0.359. The van der Waals surface area contributed by atoms with Gasteiger partial charge in [0.25, 0.3) is 11.1 Å². The summed E-state index contributed by atoms with van der Waals surface area (Å²) in [7, 11) is 1.72. The summed E-state index contributed by atoms with van der Waals surface area (Å²) in [5.74, 6) is -0.561. The van der Waals surface area contributed by atoms with Crippen LogP contribution in [0.2, 0.25) is 0 Å². The van der Waals surface area contributed by atoms with Crippen LogP contribution < -0.4 is 16.7 Å². The fraction of sp³-hybridized carbons (Fsp3) is 0.0741. The van der Waals surface area contributed by atoms with Crippen LogP contribution in [0.3, 0.4) is 0 Å². The summed E-state index contributed by atoms with van der Waals surface area (Å²) in [6, 6.07) is 26.4. The Balaban J connectivity index is 1.75. The van der Waals surface area contributed by atoms with Gasteiger partial charge in [-0.15, -0.1) is 10.2 Å². The predicted octanol–water partition coefficient (Wildman–Crippen LogP) is 4.03. The number of azo groups is 1. The van der Waals surface area contributed by atoms with Gasteiger partial charge in [-0.3, -0.25) is 19.7 Å². The molecule has 0 atom stereocenters. The van der Waals surface area contributed by atoms with Crippen LogP contribution in [-0.2, 0) is 7.05 Å². The second-order valence-electron chi connectivity index (χ2n) is 8.25. The van der Waals surface area contributed by atoms with Crippen molar-refractivity contribution in [3.8, 4) is 22.9 Å². The number of para-hydroxylation sites is 3. The molecular formula is C27H23N7O3. The average Bonchev–Trinajstić information content (AvgIpc) is 3.13. The molecule has 10 heteroatoms. The molecule has 2 aromatic heterocycles. The Morgan fingerprint density at radius 1 is 0.676 bits per heavy atom. The highest BCUT2D eigenvalue weighted by Gasteiger charge is 2.21. The van der Waals surface area contributed by atoms with Gasteiger partial charge in [0.15, 0.2) is 5.69 Å². The molecule has 184 valence electrons. The van der Waals surface area contributed by atoms with Gasteiger partial charge in [0.1, 0.15) is 0 Å². The molecule has 10 nitrogen and oxygen atoms in total. The smallest absolute Gasteiger partial charge is 0.299 e. The normalized spacial score (nSPS) is 11.3. The molecule has 0 saturated heterocycles. The molecule has 3 aromatic carbocycles. The highest BCUT2D eigenvalue weighted by molar-refractivity contribution is 5.52. The second kappa shape index (κ2) is 9.42. The maximum absolute atomic E-state index is 13.5. The Morgan fingerprint density at radius 2 is 1.14 bits per heavy atom. The van der Waals surface area contributed by atoms with Gasteiger partial charge in [0.2, 0.25) is 17.2 Å². The molecule has 0 aliphatic carbocycles. The van der Waals surface area contributed by atoms with Crippen molar-refractivity contribution in [2.24, 2.45) is 17.3 Å². The summed E-state index contributed by atoms with van der Waals surface area (Å²) >= 11 is 0. The first-order valence-corrected chi connectivity index (χ1v) is 11.4. The first-order valence-electron chi connectivity index (χ1n) is 11.4. The molecule has 2 heterocycles. The number of benzene rings is 3. The van der Waals surface area contributed by atoms with Crippen LogP contribution in [0.15, 0.2) is 111 Å². The number of rotatable bonds is 5. The molecule has 0 radical (unpaired) electrons. The molecule has 0 bridgehead atoms. The number of hydrogen-bond acceptors (Lipinski definition) is 6. The van der Waals surface area contributed by atoms with Gasteiger partial charge in [-0.25, -0.2) is 13.8 Å². The molecule has 37 heavy (non-hydrogen) atoms. The molecule has 0 saturated carbocycles. The Kier molecular flexibility index (Phi) is 5.98. The maximum atomic E-state index is 13.5.